The molecule has 0 radical (unpaired) electrons. The van der Waals surface area contributed by atoms with Crippen molar-refractivity contribution in [3.8, 4) is 5.75 Å². The Morgan fingerprint density at radius 3 is 2.40 bits per heavy atom. The molecule has 0 spiro atoms. The fourth-order valence-corrected chi connectivity index (χ4v) is 8.15. The van der Waals surface area contributed by atoms with Crippen LogP contribution in [-0.2, 0) is 0 Å². The van der Waals surface area contributed by atoms with E-state index in [1.54, 1.807) is 7.11 Å². The summed E-state index contributed by atoms with van der Waals surface area (Å²) in [6.07, 6.45) is 10.9. The van der Waals surface area contributed by atoms with Crippen LogP contribution in [0, 0.1) is 34.5 Å². The van der Waals surface area contributed by atoms with Crippen molar-refractivity contribution >= 4 is 6.08 Å². The summed E-state index contributed by atoms with van der Waals surface area (Å²) in [5.41, 5.74) is 2.77. The van der Waals surface area contributed by atoms with E-state index in [1.165, 1.54) is 31.3 Å². The third kappa shape index (κ3) is 3.07. The number of aliphatic hydroxyl groups is 2. The van der Waals surface area contributed by atoms with Gasteiger partial charge in [-0.25, -0.2) is 0 Å². The molecule has 0 saturated heterocycles. The van der Waals surface area contributed by atoms with Crippen molar-refractivity contribution in [2.45, 2.75) is 77.4 Å². The van der Waals surface area contributed by atoms with Gasteiger partial charge in [-0.15, -0.1) is 0 Å². The van der Waals surface area contributed by atoms with E-state index in [9.17, 15) is 10.2 Å². The van der Waals surface area contributed by atoms with Crippen LogP contribution in [0.1, 0.15) is 70.8 Å². The van der Waals surface area contributed by atoms with Gasteiger partial charge in [-0.2, -0.15) is 0 Å². The third-order valence-electron chi connectivity index (χ3n) is 9.98. The number of benzene rings is 1. The molecule has 5 rings (SSSR count). The van der Waals surface area contributed by atoms with Crippen molar-refractivity contribution < 1.29 is 14.9 Å². The van der Waals surface area contributed by atoms with E-state index < -0.39 is 0 Å². The number of ether oxygens (including phenoxy) is 1. The van der Waals surface area contributed by atoms with Gasteiger partial charge in [0.15, 0.2) is 0 Å². The average Bonchev–Trinajstić information content (AvgIpc) is 3.00. The zero-order valence-electron chi connectivity index (χ0n) is 18.8. The van der Waals surface area contributed by atoms with Crippen LogP contribution in [0.4, 0.5) is 0 Å². The number of hydrogen-bond donors (Lipinski definition) is 2. The minimum Gasteiger partial charge on any atom is -0.497 e. The molecular formula is C27H38O3. The summed E-state index contributed by atoms with van der Waals surface area (Å²) in [5.74, 6) is 3.62. The Morgan fingerprint density at radius 1 is 0.933 bits per heavy atom. The van der Waals surface area contributed by atoms with Crippen LogP contribution >= 0.6 is 0 Å². The minimum atomic E-state index is -0.329. The van der Waals surface area contributed by atoms with Gasteiger partial charge in [0.1, 0.15) is 5.75 Å². The highest BCUT2D eigenvalue weighted by atomic mass is 16.5. The molecule has 3 nitrogen and oxygen atoms in total. The normalized spacial score (nSPS) is 46.8. The molecule has 3 heteroatoms. The standard InChI is InChI=1S/C27H38O3/c1-26-12-10-20(28)16-19(26)6-9-22-23(26)11-13-27(2)24(22)15-18(25(27)29)14-17-4-7-21(30-3)8-5-17/h4-5,7-8,14,19-20,22-25,28-29H,6,9-13,15-16H2,1-3H3/b18-14-. The van der Waals surface area contributed by atoms with E-state index in [1.807, 2.05) is 12.1 Å². The molecule has 0 amide bonds. The van der Waals surface area contributed by atoms with Crippen molar-refractivity contribution in [3.63, 3.8) is 0 Å². The van der Waals surface area contributed by atoms with E-state index in [0.717, 1.165) is 48.8 Å². The first-order valence-corrected chi connectivity index (χ1v) is 12.1. The van der Waals surface area contributed by atoms with Gasteiger partial charge in [0.25, 0.3) is 0 Å². The van der Waals surface area contributed by atoms with Crippen molar-refractivity contribution in [1.82, 2.24) is 0 Å². The van der Waals surface area contributed by atoms with Gasteiger partial charge in [0, 0.05) is 5.41 Å². The van der Waals surface area contributed by atoms with Crippen LogP contribution in [-0.4, -0.2) is 29.5 Å². The molecule has 1 aromatic carbocycles. The van der Waals surface area contributed by atoms with Crippen LogP contribution in [0.3, 0.4) is 0 Å². The molecule has 4 aliphatic carbocycles. The molecule has 4 fully saturated rings. The largest absolute Gasteiger partial charge is 0.497 e. The molecule has 0 aromatic heterocycles. The molecular weight excluding hydrogens is 372 g/mol. The van der Waals surface area contributed by atoms with E-state index >= 15 is 0 Å². The van der Waals surface area contributed by atoms with Crippen LogP contribution < -0.4 is 4.74 Å². The van der Waals surface area contributed by atoms with Gasteiger partial charge in [0.05, 0.1) is 19.3 Å². The molecule has 4 aliphatic rings. The lowest BCUT2D eigenvalue weighted by Gasteiger charge is -2.60. The quantitative estimate of drug-likeness (QED) is 0.681. The first kappa shape index (κ1) is 20.6. The molecule has 0 heterocycles. The van der Waals surface area contributed by atoms with Gasteiger partial charge in [-0.3, -0.25) is 0 Å². The second-order valence-corrected chi connectivity index (χ2v) is 11.2. The number of aliphatic hydroxyl groups excluding tert-OH is 2. The summed E-state index contributed by atoms with van der Waals surface area (Å²) >= 11 is 0. The summed E-state index contributed by atoms with van der Waals surface area (Å²) < 4.78 is 5.29. The summed E-state index contributed by atoms with van der Waals surface area (Å²) in [7, 11) is 1.69. The maximum atomic E-state index is 11.4. The number of fused-ring (bicyclic) bond motifs is 5. The molecule has 8 unspecified atom stereocenters. The first-order valence-electron chi connectivity index (χ1n) is 12.1. The fraction of sp³-hybridized carbons (Fsp3) is 0.704. The molecule has 0 aliphatic heterocycles. The zero-order chi connectivity index (χ0) is 21.1. The van der Waals surface area contributed by atoms with Crippen molar-refractivity contribution in [2.24, 2.45) is 34.5 Å². The highest BCUT2D eigenvalue weighted by molar-refractivity contribution is 5.56. The molecule has 4 saturated carbocycles. The SMILES string of the molecule is COc1ccc(/C=C2/CC3C4CCC5CC(O)CCC5(C)C4CCC3(C)C2O)cc1. The summed E-state index contributed by atoms with van der Waals surface area (Å²) in [5, 5.41) is 21.6. The van der Waals surface area contributed by atoms with Crippen LogP contribution in [0.2, 0.25) is 0 Å². The van der Waals surface area contributed by atoms with E-state index in [-0.39, 0.29) is 17.6 Å². The van der Waals surface area contributed by atoms with Gasteiger partial charge in [-0.1, -0.05) is 32.1 Å². The topological polar surface area (TPSA) is 49.7 Å². The van der Waals surface area contributed by atoms with E-state index in [4.69, 9.17) is 4.74 Å². The lowest BCUT2D eigenvalue weighted by atomic mass is 9.45. The Labute approximate surface area is 181 Å². The van der Waals surface area contributed by atoms with Crippen molar-refractivity contribution in [1.29, 1.82) is 0 Å². The van der Waals surface area contributed by atoms with Crippen LogP contribution in [0.25, 0.3) is 6.08 Å². The molecule has 30 heavy (non-hydrogen) atoms. The summed E-state index contributed by atoms with van der Waals surface area (Å²) in [6.45, 7) is 4.88. The minimum absolute atomic E-state index is 0.0108. The first-order chi connectivity index (χ1) is 14.3. The molecule has 1 aromatic rings. The number of rotatable bonds is 2. The highest BCUT2D eigenvalue weighted by Crippen LogP contribution is 2.67. The van der Waals surface area contributed by atoms with Gasteiger partial charge in [0.2, 0.25) is 0 Å². The highest BCUT2D eigenvalue weighted by Gasteiger charge is 2.61. The van der Waals surface area contributed by atoms with Gasteiger partial charge >= 0.3 is 0 Å². The second kappa shape index (κ2) is 7.38. The van der Waals surface area contributed by atoms with Gasteiger partial charge in [-0.05, 0) is 104 Å². The molecule has 2 N–H and O–H groups in total. The Morgan fingerprint density at radius 2 is 1.67 bits per heavy atom. The molecule has 8 atom stereocenters. The molecule has 0 bridgehead atoms. The summed E-state index contributed by atoms with van der Waals surface area (Å²) in [4.78, 5) is 0. The van der Waals surface area contributed by atoms with E-state index in [0.29, 0.717) is 17.3 Å². The lowest BCUT2D eigenvalue weighted by Crippen LogP contribution is -2.54. The Balaban J connectivity index is 1.41. The average molecular weight is 411 g/mol. The Hall–Kier alpha value is -1.32. The maximum absolute atomic E-state index is 11.4. The zero-order valence-corrected chi connectivity index (χ0v) is 18.8. The fourth-order valence-electron chi connectivity index (χ4n) is 8.15. The maximum Gasteiger partial charge on any atom is 0.118 e. The predicted octanol–water partition coefficient (Wildman–Crippen LogP) is 5.45. The van der Waals surface area contributed by atoms with Crippen LogP contribution in [0.15, 0.2) is 29.8 Å². The predicted molar refractivity (Wildman–Crippen MR) is 120 cm³/mol. The summed E-state index contributed by atoms with van der Waals surface area (Å²) in [6, 6.07) is 8.17. The second-order valence-electron chi connectivity index (χ2n) is 11.2. The van der Waals surface area contributed by atoms with Crippen molar-refractivity contribution in [2.75, 3.05) is 7.11 Å². The molecule has 164 valence electrons. The number of methoxy groups -OCH3 is 1. The smallest absolute Gasteiger partial charge is 0.118 e. The third-order valence-corrected chi connectivity index (χ3v) is 9.98. The lowest BCUT2D eigenvalue weighted by molar-refractivity contribution is -0.133. The van der Waals surface area contributed by atoms with Gasteiger partial charge < -0.3 is 14.9 Å². The van der Waals surface area contributed by atoms with Crippen molar-refractivity contribution in [3.05, 3.63) is 35.4 Å². The Kier molecular flexibility index (Phi) is 5.06. The van der Waals surface area contributed by atoms with Crippen LogP contribution in [0.5, 0.6) is 5.75 Å². The monoisotopic (exact) mass is 410 g/mol. The van der Waals surface area contributed by atoms with E-state index in [2.05, 4.69) is 32.1 Å². The Bertz CT molecular complexity index is 814. The number of hydrogen-bond acceptors (Lipinski definition) is 3.